The van der Waals surface area contributed by atoms with Gasteiger partial charge in [-0.1, -0.05) is 19.1 Å². The predicted octanol–water partition coefficient (Wildman–Crippen LogP) is 1.23. The second kappa shape index (κ2) is 4.60. The molecule has 7 heteroatoms. The molecule has 2 N–H and O–H groups in total. The SMILES string of the molecule is CCc1c(N)c(=O)n(-c2ccccc2[N+](=O)[O-])n1C. The van der Waals surface area contributed by atoms with E-state index in [1.807, 2.05) is 6.92 Å². The summed E-state index contributed by atoms with van der Waals surface area (Å²) in [5.74, 6) is 0. The highest BCUT2D eigenvalue weighted by Crippen LogP contribution is 2.22. The quantitative estimate of drug-likeness (QED) is 0.664. The average molecular weight is 262 g/mol. The topological polar surface area (TPSA) is 96.1 Å². The van der Waals surface area contributed by atoms with Gasteiger partial charge < -0.3 is 5.73 Å². The van der Waals surface area contributed by atoms with Crippen LogP contribution in [0.15, 0.2) is 29.1 Å². The van der Waals surface area contributed by atoms with Gasteiger partial charge in [0.15, 0.2) is 0 Å². The van der Waals surface area contributed by atoms with Gasteiger partial charge in [0.25, 0.3) is 11.2 Å². The van der Waals surface area contributed by atoms with E-state index in [1.165, 1.54) is 16.8 Å². The van der Waals surface area contributed by atoms with E-state index in [0.29, 0.717) is 12.1 Å². The third kappa shape index (κ3) is 1.88. The molecule has 0 saturated carbocycles. The van der Waals surface area contributed by atoms with Gasteiger partial charge in [0, 0.05) is 13.1 Å². The highest BCUT2D eigenvalue weighted by Gasteiger charge is 2.21. The third-order valence-corrected chi connectivity index (χ3v) is 3.07. The van der Waals surface area contributed by atoms with Crippen molar-refractivity contribution in [2.75, 3.05) is 5.73 Å². The van der Waals surface area contributed by atoms with Crippen molar-refractivity contribution < 1.29 is 4.92 Å². The number of hydrogen-bond donors (Lipinski definition) is 1. The summed E-state index contributed by atoms with van der Waals surface area (Å²) < 4.78 is 2.78. The first-order chi connectivity index (χ1) is 8.99. The fourth-order valence-corrected chi connectivity index (χ4v) is 2.16. The van der Waals surface area contributed by atoms with Crippen molar-refractivity contribution in [3.63, 3.8) is 0 Å². The van der Waals surface area contributed by atoms with Crippen LogP contribution in [0.5, 0.6) is 0 Å². The maximum Gasteiger partial charge on any atom is 0.295 e. The van der Waals surface area contributed by atoms with Gasteiger partial charge in [-0.3, -0.25) is 19.6 Å². The summed E-state index contributed by atoms with van der Waals surface area (Å²) in [6.07, 6.45) is 0.575. The number of nitrogens with two attached hydrogens (primary N) is 1. The van der Waals surface area contributed by atoms with Crippen LogP contribution in [0.1, 0.15) is 12.6 Å². The maximum absolute atomic E-state index is 12.1. The fourth-order valence-electron chi connectivity index (χ4n) is 2.16. The van der Waals surface area contributed by atoms with Crippen LogP contribution in [0.3, 0.4) is 0 Å². The number of nitro benzene ring substituents is 1. The number of anilines is 1. The average Bonchev–Trinajstić information content (AvgIpc) is 2.60. The zero-order valence-electron chi connectivity index (χ0n) is 10.7. The van der Waals surface area contributed by atoms with E-state index in [4.69, 9.17) is 5.73 Å². The molecule has 1 aromatic carbocycles. The number of nitro groups is 1. The monoisotopic (exact) mass is 262 g/mol. The Morgan fingerprint density at radius 2 is 2.00 bits per heavy atom. The Labute approximate surface area is 109 Å². The predicted molar refractivity (Wildman–Crippen MR) is 71.5 cm³/mol. The van der Waals surface area contributed by atoms with Crippen molar-refractivity contribution in [3.8, 4) is 5.69 Å². The van der Waals surface area contributed by atoms with E-state index >= 15 is 0 Å². The van der Waals surface area contributed by atoms with Crippen LogP contribution in [-0.4, -0.2) is 14.3 Å². The number of hydrogen-bond acceptors (Lipinski definition) is 4. The number of aromatic nitrogens is 2. The molecule has 0 amide bonds. The fraction of sp³-hybridized carbons (Fsp3) is 0.250. The van der Waals surface area contributed by atoms with E-state index in [-0.39, 0.29) is 17.1 Å². The van der Waals surface area contributed by atoms with Gasteiger partial charge >= 0.3 is 0 Å². The molecule has 0 unspecified atom stereocenters. The maximum atomic E-state index is 12.1. The number of para-hydroxylation sites is 2. The smallest absolute Gasteiger partial charge is 0.295 e. The largest absolute Gasteiger partial charge is 0.393 e. The lowest BCUT2D eigenvalue weighted by atomic mass is 10.3. The van der Waals surface area contributed by atoms with Crippen LogP contribution in [-0.2, 0) is 13.5 Å². The third-order valence-electron chi connectivity index (χ3n) is 3.07. The van der Waals surface area contributed by atoms with Gasteiger partial charge in [0.1, 0.15) is 11.4 Å². The van der Waals surface area contributed by atoms with Crippen molar-refractivity contribution in [1.82, 2.24) is 9.36 Å². The van der Waals surface area contributed by atoms with Crippen LogP contribution >= 0.6 is 0 Å². The molecule has 0 aliphatic rings. The molecule has 0 atom stereocenters. The molecule has 19 heavy (non-hydrogen) atoms. The Kier molecular flexibility index (Phi) is 3.12. The Morgan fingerprint density at radius 3 is 2.53 bits per heavy atom. The highest BCUT2D eigenvalue weighted by atomic mass is 16.6. The number of benzene rings is 1. The van der Waals surface area contributed by atoms with E-state index in [2.05, 4.69) is 0 Å². The standard InChI is InChI=1S/C12H14N4O3/c1-3-8-11(13)12(17)15(14(8)2)9-6-4-5-7-10(9)16(18)19/h4-7H,3,13H2,1-2H3. The summed E-state index contributed by atoms with van der Waals surface area (Å²) in [4.78, 5) is 22.7. The van der Waals surface area contributed by atoms with E-state index in [9.17, 15) is 14.9 Å². The Balaban J connectivity index is 2.81. The van der Waals surface area contributed by atoms with Crippen LogP contribution < -0.4 is 11.3 Å². The van der Waals surface area contributed by atoms with E-state index in [0.717, 1.165) is 0 Å². The van der Waals surface area contributed by atoms with Crippen molar-refractivity contribution in [2.45, 2.75) is 13.3 Å². The number of rotatable bonds is 3. The normalized spacial score (nSPS) is 10.6. The summed E-state index contributed by atoms with van der Waals surface area (Å²) in [6.45, 7) is 1.87. The van der Waals surface area contributed by atoms with Crippen LogP contribution in [0.25, 0.3) is 5.69 Å². The second-order valence-electron chi connectivity index (χ2n) is 4.10. The lowest BCUT2D eigenvalue weighted by Gasteiger charge is -2.09. The van der Waals surface area contributed by atoms with Gasteiger partial charge in [0.2, 0.25) is 0 Å². The first-order valence-electron chi connectivity index (χ1n) is 5.79. The van der Waals surface area contributed by atoms with E-state index in [1.54, 1.807) is 23.9 Å². The molecule has 1 aromatic heterocycles. The van der Waals surface area contributed by atoms with Crippen LogP contribution in [0, 0.1) is 10.1 Å². The summed E-state index contributed by atoms with van der Waals surface area (Å²) in [5.41, 5.74) is 6.18. The molecule has 7 nitrogen and oxygen atoms in total. The highest BCUT2D eigenvalue weighted by molar-refractivity contribution is 5.54. The zero-order chi connectivity index (χ0) is 14.2. The minimum atomic E-state index is -0.517. The molecule has 0 radical (unpaired) electrons. The van der Waals surface area contributed by atoms with Crippen molar-refractivity contribution in [1.29, 1.82) is 0 Å². The molecule has 100 valence electrons. The first kappa shape index (κ1) is 12.9. The first-order valence-corrected chi connectivity index (χ1v) is 5.79. The Bertz CT molecular complexity index is 699. The van der Waals surface area contributed by atoms with Gasteiger partial charge in [-0.15, -0.1) is 0 Å². The Hall–Kier alpha value is -2.57. The molecule has 0 bridgehead atoms. The molecule has 0 aliphatic carbocycles. The number of nitrogens with zero attached hydrogens (tertiary/aromatic N) is 3. The van der Waals surface area contributed by atoms with Crippen molar-refractivity contribution in [3.05, 3.63) is 50.4 Å². The van der Waals surface area contributed by atoms with Crippen molar-refractivity contribution in [2.24, 2.45) is 7.05 Å². The molecular formula is C12H14N4O3. The minimum absolute atomic E-state index is 0.128. The molecular weight excluding hydrogens is 248 g/mol. The lowest BCUT2D eigenvalue weighted by Crippen LogP contribution is -2.21. The number of nitrogen functional groups attached to an aromatic ring is 1. The molecule has 1 heterocycles. The van der Waals surface area contributed by atoms with Gasteiger partial charge in [-0.05, 0) is 12.5 Å². The summed E-state index contributed by atoms with van der Waals surface area (Å²) in [6, 6.07) is 6.08. The van der Waals surface area contributed by atoms with Gasteiger partial charge in [-0.2, -0.15) is 0 Å². The second-order valence-corrected chi connectivity index (χ2v) is 4.10. The minimum Gasteiger partial charge on any atom is -0.393 e. The lowest BCUT2D eigenvalue weighted by molar-refractivity contribution is -0.384. The van der Waals surface area contributed by atoms with Crippen LogP contribution in [0.4, 0.5) is 11.4 Å². The van der Waals surface area contributed by atoms with Gasteiger partial charge in [-0.25, -0.2) is 4.68 Å². The molecule has 0 saturated heterocycles. The van der Waals surface area contributed by atoms with Crippen LogP contribution in [0.2, 0.25) is 0 Å². The van der Waals surface area contributed by atoms with E-state index < -0.39 is 10.5 Å². The molecule has 0 aliphatic heterocycles. The molecule has 0 spiro atoms. The van der Waals surface area contributed by atoms with Gasteiger partial charge in [0.05, 0.1) is 10.6 Å². The molecule has 2 aromatic rings. The summed E-state index contributed by atoms with van der Waals surface area (Å²) in [7, 11) is 1.66. The Morgan fingerprint density at radius 1 is 1.37 bits per heavy atom. The summed E-state index contributed by atoms with van der Waals surface area (Å²) in [5, 5.41) is 11.0. The zero-order valence-corrected chi connectivity index (χ0v) is 10.7. The van der Waals surface area contributed by atoms with Crippen molar-refractivity contribution >= 4 is 11.4 Å². The molecule has 2 rings (SSSR count). The molecule has 0 fully saturated rings. The summed E-state index contributed by atoms with van der Waals surface area (Å²) >= 11 is 0.